The average molecular weight is 394 g/mol. The van der Waals surface area contributed by atoms with Gasteiger partial charge in [-0.2, -0.15) is 13.2 Å². The van der Waals surface area contributed by atoms with Crippen molar-refractivity contribution in [2.75, 3.05) is 18.4 Å². The zero-order valence-electron chi connectivity index (χ0n) is 15.7. The first kappa shape index (κ1) is 19.8. The van der Waals surface area contributed by atoms with Gasteiger partial charge in [-0.05, 0) is 27.2 Å². The quantitative estimate of drug-likeness (QED) is 0.716. The van der Waals surface area contributed by atoms with Crippen molar-refractivity contribution >= 4 is 17.8 Å². The van der Waals surface area contributed by atoms with Gasteiger partial charge in [-0.3, -0.25) is 9.79 Å². The first-order valence-corrected chi connectivity index (χ1v) is 8.76. The van der Waals surface area contributed by atoms with Gasteiger partial charge >= 0.3 is 6.18 Å². The standard InChI is InChI=1S/C18H21F3N6O/c1-10-7-23-15(12-8-24-14-11(12)5-4-6-22-14)26-13(10)27-17(2,3)16(28)25-9-18(19,20)21/h5,7-8H,4,6,9H2,1-3H3,(H,22,24)(H,25,28)(H,23,26,27). The summed E-state index contributed by atoms with van der Waals surface area (Å²) in [6, 6.07) is 0. The number of aryl methyl sites for hydroxylation is 1. The lowest BCUT2D eigenvalue weighted by atomic mass is 10.0. The summed E-state index contributed by atoms with van der Waals surface area (Å²) in [5.74, 6) is 0.0286. The van der Waals surface area contributed by atoms with E-state index in [0.29, 0.717) is 17.2 Å². The second kappa shape index (κ2) is 7.25. The zero-order chi connectivity index (χ0) is 20.5. The molecule has 1 aliphatic heterocycles. The van der Waals surface area contributed by atoms with Gasteiger partial charge < -0.3 is 15.6 Å². The largest absolute Gasteiger partial charge is 0.405 e. The van der Waals surface area contributed by atoms with Crippen LogP contribution in [0, 0.1) is 6.92 Å². The van der Waals surface area contributed by atoms with Gasteiger partial charge in [0.05, 0.1) is 0 Å². The van der Waals surface area contributed by atoms with E-state index >= 15 is 0 Å². The highest BCUT2D eigenvalue weighted by atomic mass is 19.4. The smallest absolute Gasteiger partial charge is 0.356 e. The molecule has 0 aromatic carbocycles. The molecule has 0 atom stereocenters. The van der Waals surface area contributed by atoms with Crippen LogP contribution in [0.2, 0.25) is 0 Å². The molecule has 0 saturated carbocycles. The lowest BCUT2D eigenvalue weighted by Crippen LogP contribution is -2.50. The summed E-state index contributed by atoms with van der Waals surface area (Å²) in [5.41, 5.74) is 0.909. The summed E-state index contributed by atoms with van der Waals surface area (Å²) >= 11 is 0. The average Bonchev–Trinajstić information content (AvgIpc) is 3.05. The fourth-order valence-electron chi connectivity index (χ4n) is 2.78. The van der Waals surface area contributed by atoms with Gasteiger partial charge in [0.1, 0.15) is 23.4 Å². The minimum absolute atomic E-state index is 0.375. The minimum Gasteiger partial charge on any atom is -0.356 e. The Labute approximate surface area is 159 Å². The zero-order valence-corrected chi connectivity index (χ0v) is 15.7. The molecule has 2 aromatic rings. The highest BCUT2D eigenvalue weighted by Crippen LogP contribution is 2.21. The normalized spacial score (nSPS) is 13.9. The van der Waals surface area contributed by atoms with Crippen molar-refractivity contribution in [2.45, 2.75) is 38.9 Å². The Morgan fingerprint density at radius 3 is 2.79 bits per heavy atom. The number of carbonyl (C=O) groups is 1. The number of H-pyrrole nitrogens is 1. The molecule has 7 nitrogen and oxygen atoms in total. The molecule has 3 N–H and O–H groups in total. The van der Waals surface area contributed by atoms with Crippen LogP contribution in [-0.2, 0) is 4.79 Å². The van der Waals surface area contributed by atoms with Crippen LogP contribution in [0.25, 0.3) is 17.5 Å². The van der Waals surface area contributed by atoms with Crippen molar-refractivity contribution in [3.8, 4) is 11.4 Å². The van der Waals surface area contributed by atoms with Gasteiger partial charge in [0, 0.05) is 35.3 Å². The summed E-state index contributed by atoms with van der Waals surface area (Å²) in [5, 5.41) is 5.74. The Bertz CT molecular complexity index is 1010. The summed E-state index contributed by atoms with van der Waals surface area (Å²) in [4.78, 5) is 28.5. The maximum absolute atomic E-state index is 12.4. The number of aromatic amines is 1. The van der Waals surface area contributed by atoms with E-state index in [0.717, 1.165) is 29.2 Å². The Balaban J connectivity index is 1.86. The third kappa shape index (κ3) is 4.32. The molecule has 0 aliphatic carbocycles. The van der Waals surface area contributed by atoms with Gasteiger partial charge in [0.25, 0.3) is 0 Å². The molecule has 2 aromatic heterocycles. The molecule has 0 radical (unpaired) electrons. The number of hydrogen-bond donors (Lipinski definition) is 3. The molecule has 3 rings (SSSR count). The van der Waals surface area contributed by atoms with Gasteiger partial charge in [0.2, 0.25) is 5.91 Å². The van der Waals surface area contributed by atoms with Crippen molar-refractivity contribution in [3.63, 3.8) is 0 Å². The Morgan fingerprint density at radius 2 is 2.07 bits per heavy atom. The van der Waals surface area contributed by atoms with E-state index in [1.165, 1.54) is 13.8 Å². The van der Waals surface area contributed by atoms with Crippen LogP contribution < -0.4 is 21.3 Å². The van der Waals surface area contributed by atoms with Crippen LogP contribution in [0.5, 0.6) is 0 Å². The van der Waals surface area contributed by atoms with E-state index < -0.39 is 24.2 Å². The molecule has 1 aliphatic rings. The summed E-state index contributed by atoms with van der Waals surface area (Å²) in [6.07, 6.45) is 1.78. The monoisotopic (exact) mass is 394 g/mol. The van der Waals surface area contributed by atoms with Crippen molar-refractivity contribution in [3.05, 3.63) is 28.7 Å². The Morgan fingerprint density at radius 1 is 1.32 bits per heavy atom. The molecule has 0 bridgehead atoms. The van der Waals surface area contributed by atoms with Crippen LogP contribution in [0.4, 0.5) is 19.0 Å². The maximum Gasteiger partial charge on any atom is 0.405 e. The number of carbonyl (C=O) groups excluding carboxylic acids is 1. The van der Waals surface area contributed by atoms with Crippen LogP contribution in [0.15, 0.2) is 17.4 Å². The molecular weight excluding hydrogens is 373 g/mol. The van der Waals surface area contributed by atoms with E-state index in [-0.39, 0.29) is 0 Å². The number of alkyl halides is 3. The Hall–Kier alpha value is -2.91. The van der Waals surface area contributed by atoms with Crippen molar-refractivity contribution in [2.24, 2.45) is 4.99 Å². The van der Waals surface area contributed by atoms with E-state index in [4.69, 9.17) is 0 Å². The van der Waals surface area contributed by atoms with Crippen LogP contribution in [-0.4, -0.2) is 45.7 Å². The Kier molecular flexibility index (Phi) is 5.14. The van der Waals surface area contributed by atoms with Crippen molar-refractivity contribution < 1.29 is 18.0 Å². The molecule has 10 heteroatoms. The molecule has 28 heavy (non-hydrogen) atoms. The fourth-order valence-corrected chi connectivity index (χ4v) is 2.78. The second-order valence-corrected chi connectivity index (χ2v) is 7.11. The summed E-state index contributed by atoms with van der Waals surface area (Å²) in [6.45, 7) is 4.06. The molecule has 3 heterocycles. The van der Waals surface area contributed by atoms with E-state index in [1.54, 1.807) is 19.3 Å². The summed E-state index contributed by atoms with van der Waals surface area (Å²) < 4.78 is 37.1. The number of hydrogen-bond acceptors (Lipinski definition) is 5. The number of halogens is 3. The first-order chi connectivity index (χ1) is 13.1. The fraction of sp³-hybridized carbons (Fsp3) is 0.444. The van der Waals surface area contributed by atoms with Gasteiger partial charge in [-0.15, -0.1) is 0 Å². The van der Waals surface area contributed by atoms with E-state index in [2.05, 4.69) is 31.3 Å². The predicted molar refractivity (Wildman–Crippen MR) is 98.1 cm³/mol. The molecular formula is C18H21F3N6O. The van der Waals surface area contributed by atoms with Gasteiger partial charge in [-0.25, -0.2) is 9.97 Å². The number of nitrogens with zero attached hydrogens (tertiary/aromatic N) is 3. The maximum atomic E-state index is 12.4. The lowest BCUT2D eigenvalue weighted by Gasteiger charge is -2.27. The number of nitrogens with one attached hydrogen (secondary N) is 3. The second-order valence-electron chi connectivity index (χ2n) is 7.11. The molecule has 0 spiro atoms. The lowest BCUT2D eigenvalue weighted by molar-refractivity contribution is -0.140. The third-order valence-corrected chi connectivity index (χ3v) is 4.31. The molecule has 150 valence electrons. The van der Waals surface area contributed by atoms with Crippen LogP contribution >= 0.6 is 0 Å². The van der Waals surface area contributed by atoms with Crippen LogP contribution in [0.3, 0.4) is 0 Å². The van der Waals surface area contributed by atoms with E-state index in [1.807, 2.05) is 5.32 Å². The first-order valence-electron chi connectivity index (χ1n) is 8.76. The molecule has 1 amide bonds. The summed E-state index contributed by atoms with van der Waals surface area (Å²) in [7, 11) is 0. The van der Waals surface area contributed by atoms with Gasteiger partial charge in [-0.1, -0.05) is 6.08 Å². The number of aromatic nitrogens is 3. The van der Waals surface area contributed by atoms with Crippen molar-refractivity contribution in [1.82, 2.24) is 20.3 Å². The topological polar surface area (TPSA) is 95.1 Å². The third-order valence-electron chi connectivity index (χ3n) is 4.31. The molecule has 0 saturated heterocycles. The predicted octanol–water partition coefficient (Wildman–Crippen LogP) is 1.45. The minimum atomic E-state index is -4.47. The molecule has 0 unspecified atom stereocenters. The SMILES string of the molecule is Cc1cnc(-c2c[nH]c3c2=CCCN=3)nc1NC(C)(C)C(=O)NCC(F)(F)F. The van der Waals surface area contributed by atoms with Crippen molar-refractivity contribution in [1.29, 1.82) is 0 Å². The highest BCUT2D eigenvalue weighted by molar-refractivity contribution is 5.88. The number of rotatable bonds is 5. The highest BCUT2D eigenvalue weighted by Gasteiger charge is 2.33. The number of anilines is 1. The van der Waals surface area contributed by atoms with Crippen LogP contribution in [0.1, 0.15) is 25.8 Å². The van der Waals surface area contributed by atoms with E-state index in [9.17, 15) is 18.0 Å². The molecule has 0 fully saturated rings. The van der Waals surface area contributed by atoms with Gasteiger partial charge in [0.15, 0.2) is 5.82 Å². The number of fused-ring (bicyclic) bond motifs is 1. The number of amides is 1.